The summed E-state index contributed by atoms with van der Waals surface area (Å²) < 4.78 is 0. The number of likely N-dealkylation sites (N-methyl/N-ethyl adjacent to an activating group) is 1. The summed E-state index contributed by atoms with van der Waals surface area (Å²) in [6, 6.07) is 6.18. The number of thiocarbonyl (C=S) groups is 1. The number of aromatic nitrogens is 1. The van der Waals surface area contributed by atoms with E-state index in [4.69, 9.17) is 12.2 Å². The predicted octanol–water partition coefficient (Wildman–Crippen LogP) is 3.18. The van der Waals surface area contributed by atoms with Gasteiger partial charge in [-0.25, -0.2) is 0 Å². The number of nitrogens with one attached hydrogen (secondary N) is 2. The molecule has 2 N–H and O–H groups in total. The first-order valence-electron chi connectivity index (χ1n) is 9.62. The van der Waals surface area contributed by atoms with Gasteiger partial charge in [-0.1, -0.05) is 19.4 Å². The number of rotatable bonds is 8. The van der Waals surface area contributed by atoms with Crippen LogP contribution in [0.15, 0.2) is 23.0 Å². The molecule has 0 atom stereocenters. The minimum Gasteiger partial charge on any atom is -0.363 e. The summed E-state index contributed by atoms with van der Waals surface area (Å²) in [6.45, 7) is 9.30. The van der Waals surface area contributed by atoms with Crippen molar-refractivity contribution >= 4 is 28.2 Å². The van der Waals surface area contributed by atoms with Crippen molar-refractivity contribution in [2.24, 2.45) is 0 Å². The van der Waals surface area contributed by atoms with Crippen molar-refractivity contribution in [2.45, 2.75) is 40.2 Å². The second-order valence-electron chi connectivity index (χ2n) is 7.48. The van der Waals surface area contributed by atoms with E-state index in [2.05, 4.69) is 40.0 Å². The van der Waals surface area contributed by atoms with Gasteiger partial charge >= 0.3 is 0 Å². The lowest BCUT2D eigenvalue weighted by Crippen LogP contribution is -2.43. The molecule has 0 aliphatic heterocycles. The Morgan fingerprint density at radius 1 is 1.19 bits per heavy atom. The number of nitrogens with zero attached hydrogens (tertiary/aromatic N) is 2. The third-order valence-electron chi connectivity index (χ3n) is 4.66. The first kappa shape index (κ1) is 21.4. The van der Waals surface area contributed by atoms with E-state index in [1.807, 2.05) is 33.2 Å². The predicted molar refractivity (Wildman–Crippen MR) is 119 cm³/mol. The van der Waals surface area contributed by atoms with E-state index in [1.165, 1.54) is 5.56 Å². The van der Waals surface area contributed by atoms with Crippen LogP contribution in [0.2, 0.25) is 0 Å². The molecule has 0 spiro atoms. The zero-order valence-electron chi connectivity index (χ0n) is 17.2. The number of hydrogen-bond acceptors (Lipinski definition) is 3. The number of benzene rings is 1. The van der Waals surface area contributed by atoms with E-state index in [9.17, 15) is 4.79 Å². The van der Waals surface area contributed by atoms with E-state index >= 15 is 0 Å². The smallest absolute Gasteiger partial charge is 0.253 e. The maximum Gasteiger partial charge on any atom is 0.253 e. The van der Waals surface area contributed by atoms with E-state index in [0.29, 0.717) is 11.7 Å². The van der Waals surface area contributed by atoms with Crippen molar-refractivity contribution in [1.82, 2.24) is 20.1 Å². The Labute approximate surface area is 167 Å². The van der Waals surface area contributed by atoms with Crippen molar-refractivity contribution < 1.29 is 0 Å². The summed E-state index contributed by atoms with van der Waals surface area (Å²) in [5.74, 6) is 0. The number of fused-ring (bicyclic) bond motifs is 1. The van der Waals surface area contributed by atoms with Crippen molar-refractivity contribution in [2.75, 3.05) is 33.7 Å². The summed E-state index contributed by atoms with van der Waals surface area (Å²) in [5.41, 5.74) is 3.92. The van der Waals surface area contributed by atoms with Gasteiger partial charge in [0.15, 0.2) is 5.11 Å². The number of aryl methyl sites for hydroxylation is 2. The highest BCUT2D eigenvalue weighted by atomic mass is 32.1. The van der Waals surface area contributed by atoms with Gasteiger partial charge in [-0.2, -0.15) is 0 Å². The summed E-state index contributed by atoms with van der Waals surface area (Å²) in [6.07, 6.45) is 2.20. The second-order valence-corrected chi connectivity index (χ2v) is 7.86. The fraction of sp³-hybridized carbons (Fsp3) is 0.524. The van der Waals surface area contributed by atoms with Crippen molar-refractivity contribution in [3.05, 3.63) is 45.2 Å². The molecule has 1 aromatic heterocycles. The van der Waals surface area contributed by atoms with Gasteiger partial charge < -0.3 is 20.1 Å². The summed E-state index contributed by atoms with van der Waals surface area (Å²) >= 11 is 5.61. The Kier molecular flexibility index (Phi) is 7.80. The fourth-order valence-corrected chi connectivity index (χ4v) is 3.35. The van der Waals surface area contributed by atoms with Crippen LogP contribution in [0, 0.1) is 13.8 Å². The molecule has 0 unspecified atom stereocenters. The van der Waals surface area contributed by atoms with Crippen LogP contribution >= 0.6 is 12.2 Å². The molecule has 0 saturated heterocycles. The Balaban J connectivity index is 2.28. The molecule has 6 heteroatoms. The minimum absolute atomic E-state index is 0.0429. The lowest BCUT2D eigenvalue weighted by atomic mass is 10.0. The van der Waals surface area contributed by atoms with Crippen LogP contribution in [0.25, 0.3) is 10.9 Å². The van der Waals surface area contributed by atoms with E-state index in [1.54, 1.807) is 0 Å². The highest BCUT2D eigenvalue weighted by Gasteiger charge is 2.14. The van der Waals surface area contributed by atoms with Crippen LogP contribution in [0.1, 0.15) is 36.5 Å². The first-order chi connectivity index (χ1) is 12.8. The molecule has 148 valence electrons. The Morgan fingerprint density at radius 2 is 1.93 bits per heavy atom. The van der Waals surface area contributed by atoms with Gasteiger partial charge in [-0.15, -0.1) is 0 Å². The van der Waals surface area contributed by atoms with Crippen molar-refractivity contribution in [3.63, 3.8) is 0 Å². The number of aromatic amines is 1. The zero-order chi connectivity index (χ0) is 20.0. The van der Waals surface area contributed by atoms with Gasteiger partial charge in [0.05, 0.1) is 6.54 Å². The molecule has 0 aliphatic carbocycles. The first-order valence-corrected chi connectivity index (χ1v) is 10.0. The number of hydrogen-bond donors (Lipinski definition) is 2. The Bertz CT molecular complexity index is 844. The minimum atomic E-state index is -0.0429. The SMILES string of the molecule is CCCCNC(=S)N(CCN(C)C)Cc1cc2c(C)cc(C)cc2[nH]c1=O. The molecule has 0 saturated carbocycles. The average molecular weight is 389 g/mol. The van der Waals surface area contributed by atoms with E-state index in [-0.39, 0.29) is 5.56 Å². The molecular formula is C21H32N4OS. The molecule has 0 bridgehead atoms. The normalized spacial score (nSPS) is 11.2. The molecule has 1 heterocycles. The molecule has 0 fully saturated rings. The van der Waals surface area contributed by atoms with E-state index in [0.717, 1.165) is 54.5 Å². The highest BCUT2D eigenvalue weighted by molar-refractivity contribution is 7.80. The maximum absolute atomic E-state index is 12.7. The van der Waals surface area contributed by atoms with Gasteiger partial charge in [0, 0.05) is 36.1 Å². The fourth-order valence-electron chi connectivity index (χ4n) is 3.10. The Morgan fingerprint density at radius 3 is 2.59 bits per heavy atom. The standard InChI is InChI=1S/C21H32N4OS/c1-6-7-8-22-21(27)25(10-9-24(4)5)14-17-13-18-16(3)11-15(2)12-19(18)23-20(17)26/h11-13H,6-10,14H2,1-5H3,(H,22,27)(H,23,26). The number of H-pyrrole nitrogens is 1. The highest BCUT2D eigenvalue weighted by Crippen LogP contribution is 2.19. The second kappa shape index (κ2) is 9.85. The molecule has 0 aliphatic rings. The largest absolute Gasteiger partial charge is 0.363 e. The van der Waals surface area contributed by atoms with Crippen molar-refractivity contribution in [3.8, 4) is 0 Å². The van der Waals surface area contributed by atoms with Gasteiger partial charge in [0.2, 0.25) is 0 Å². The average Bonchev–Trinajstić information content (AvgIpc) is 2.59. The topological polar surface area (TPSA) is 51.4 Å². The lowest BCUT2D eigenvalue weighted by Gasteiger charge is -2.27. The summed E-state index contributed by atoms with van der Waals surface area (Å²) in [4.78, 5) is 19.9. The van der Waals surface area contributed by atoms with Crippen LogP contribution < -0.4 is 10.9 Å². The molecule has 27 heavy (non-hydrogen) atoms. The molecule has 0 amide bonds. The summed E-state index contributed by atoms with van der Waals surface area (Å²) in [7, 11) is 4.08. The zero-order valence-corrected chi connectivity index (χ0v) is 18.0. The van der Waals surface area contributed by atoms with Gasteiger partial charge in [0.1, 0.15) is 0 Å². The molecule has 1 aromatic carbocycles. The van der Waals surface area contributed by atoms with Gasteiger partial charge in [-0.05, 0) is 69.8 Å². The number of unbranched alkanes of at least 4 members (excludes halogenated alkanes) is 1. The summed E-state index contributed by atoms with van der Waals surface area (Å²) in [5, 5.41) is 5.13. The molecule has 0 radical (unpaired) electrons. The maximum atomic E-state index is 12.7. The quantitative estimate of drug-likeness (QED) is 0.537. The molecular weight excluding hydrogens is 356 g/mol. The van der Waals surface area contributed by atoms with Gasteiger partial charge in [0.25, 0.3) is 5.56 Å². The van der Waals surface area contributed by atoms with Crippen LogP contribution in [-0.2, 0) is 6.54 Å². The molecule has 2 aromatic rings. The van der Waals surface area contributed by atoms with Crippen LogP contribution in [0.5, 0.6) is 0 Å². The monoisotopic (exact) mass is 388 g/mol. The van der Waals surface area contributed by atoms with Crippen LogP contribution in [0.4, 0.5) is 0 Å². The molecule has 2 rings (SSSR count). The Hall–Kier alpha value is -1.92. The lowest BCUT2D eigenvalue weighted by molar-refractivity contribution is 0.322. The van der Waals surface area contributed by atoms with Crippen LogP contribution in [0.3, 0.4) is 0 Å². The van der Waals surface area contributed by atoms with Crippen molar-refractivity contribution in [1.29, 1.82) is 0 Å². The van der Waals surface area contributed by atoms with E-state index < -0.39 is 0 Å². The van der Waals surface area contributed by atoms with Gasteiger partial charge in [-0.3, -0.25) is 4.79 Å². The third-order valence-corrected chi connectivity index (χ3v) is 5.06. The molecule has 5 nitrogen and oxygen atoms in total. The number of pyridine rings is 1. The third kappa shape index (κ3) is 6.04. The van der Waals surface area contributed by atoms with Crippen LogP contribution in [-0.4, -0.2) is 53.6 Å².